The van der Waals surface area contributed by atoms with Crippen molar-refractivity contribution in [3.8, 4) is 0 Å². The molecule has 0 N–H and O–H groups in total. The van der Waals surface area contributed by atoms with Crippen LogP contribution in [0.15, 0.2) is 0 Å². The Morgan fingerprint density at radius 1 is 1.00 bits per heavy atom. The fourth-order valence-electron chi connectivity index (χ4n) is 0.567. The van der Waals surface area contributed by atoms with Gasteiger partial charge in [0.1, 0.15) is 0 Å². The van der Waals surface area contributed by atoms with E-state index >= 15 is 0 Å². The molecule has 0 bridgehead atoms. The topological polar surface area (TPSA) is 0 Å². The van der Waals surface area contributed by atoms with Gasteiger partial charge in [0.2, 0.25) is 0 Å². The number of unbranched alkanes of at least 4 members (excludes halogenated alkanes) is 3. The zero-order valence-corrected chi connectivity index (χ0v) is 6.81. The largest absolute Gasteiger partial charge is 0.179 e. The monoisotopic (exact) mass is 149 g/mol. The summed E-state index contributed by atoms with van der Waals surface area (Å²) in [6.07, 6.45) is 5.06. The average molecular weight is 149 g/mol. The van der Waals surface area contributed by atoms with Gasteiger partial charge in [-0.3, -0.25) is 0 Å². The summed E-state index contributed by atoms with van der Waals surface area (Å²) in [6, 6.07) is 0. The highest BCUT2D eigenvalue weighted by Gasteiger charge is 1.84. The average Bonchev–Trinajstić information content (AvgIpc) is 1.81. The van der Waals surface area contributed by atoms with Crippen molar-refractivity contribution in [1.82, 2.24) is 0 Å². The minimum atomic E-state index is 0.923. The molecule has 0 unspecified atom stereocenters. The minimum Gasteiger partial charge on any atom is -0.179 e. The molecule has 0 nitrogen and oxygen atoms in total. The maximum Gasteiger partial charge on any atom is 0.00369 e. The van der Waals surface area contributed by atoms with Gasteiger partial charge >= 0.3 is 0 Å². The molecule has 49 valence electrons. The SMILES string of the molecule is [S]CCCCCCS. The van der Waals surface area contributed by atoms with Crippen LogP contribution in [-0.4, -0.2) is 11.5 Å². The van der Waals surface area contributed by atoms with Crippen molar-refractivity contribution in [2.45, 2.75) is 25.7 Å². The summed E-state index contributed by atoms with van der Waals surface area (Å²) in [4.78, 5) is 0. The second-order valence-corrected chi connectivity index (χ2v) is 2.70. The van der Waals surface area contributed by atoms with Gasteiger partial charge in [0.25, 0.3) is 0 Å². The molecule has 2 heteroatoms. The quantitative estimate of drug-likeness (QED) is 0.451. The Labute approximate surface area is 62.9 Å². The van der Waals surface area contributed by atoms with Crippen LogP contribution in [0.1, 0.15) is 25.7 Å². The summed E-state index contributed by atoms with van der Waals surface area (Å²) < 4.78 is 0. The van der Waals surface area contributed by atoms with Gasteiger partial charge in [-0.15, -0.1) is 0 Å². The van der Waals surface area contributed by atoms with Crippen LogP contribution in [0.2, 0.25) is 0 Å². The van der Waals surface area contributed by atoms with Gasteiger partial charge in [0.05, 0.1) is 0 Å². The number of hydrogen-bond donors (Lipinski definition) is 1. The van der Waals surface area contributed by atoms with Crippen molar-refractivity contribution in [1.29, 1.82) is 0 Å². The Bertz CT molecular complexity index is 31.5. The standard InChI is InChI=1S/C6H13S2/c7-5-3-1-2-4-6-8/h7H,1-6H2. The van der Waals surface area contributed by atoms with Gasteiger partial charge in [-0.05, 0) is 18.6 Å². The predicted octanol–water partition coefficient (Wildman–Crippen LogP) is 2.67. The van der Waals surface area contributed by atoms with E-state index in [0.717, 1.165) is 11.5 Å². The van der Waals surface area contributed by atoms with Crippen LogP contribution in [-0.2, 0) is 0 Å². The highest BCUT2D eigenvalue weighted by Crippen LogP contribution is 2.00. The fraction of sp³-hybridized carbons (Fsp3) is 1.00. The van der Waals surface area contributed by atoms with Crippen molar-refractivity contribution in [3.63, 3.8) is 0 Å². The molecule has 0 aromatic heterocycles. The Kier molecular flexibility index (Phi) is 8.37. The predicted molar refractivity (Wildman–Crippen MR) is 44.8 cm³/mol. The van der Waals surface area contributed by atoms with Crippen LogP contribution < -0.4 is 0 Å². The molecule has 0 heterocycles. The summed E-state index contributed by atoms with van der Waals surface area (Å²) in [6.45, 7) is 0. The fourth-order valence-corrected chi connectivity index (χ4v) is 0.995. The van der Waals surface area contributed by atoms with Crippen molar-refractivity contribution in [2.75, 3.05) is 11.5 Å². The smallest absolute Gasteiger partial charge is 0.00369 e. The van der Waals surface area contributed by atoms with Gasteiger partial charge < -0.3 is 0 Å². The third-order valence-electron chi connectivity index (χ3n) is 1.05. The third-order valence-corrected chi connectivity index (χ3v) is 1.66. The number of thiol groups is 1. The molecule has 1 radical (unpaired) electrons. The van der Waals surface area contributed by atoms with E-state index in [1.165, 1.54) is 25.7 Å². The lowest BCUT2D eigenvalue weighted by atomic mass is 10.2. The molecule has 0 fully saturated rings. The second-order valence-electron chi connectivity index (χ2n) is 1.84. The van der Waals surface area contributed by atoms with Gasteiger partial charge in [-0.2, -0.15) is 12.6 Å². The lowest BCUT2D eigenvalue weighted by Gasteiger charge is -1.92. The number of rotatable bonds is 5. The Morgan fingerprint density at radius 3 is 2.12 bits per heavy atom. The number of hydrogen-bond acceptors (Lipinski definition) is 1. The Hall–Kier alpha value is 0.700. The molecule has 0 amide bonds. The van der Waals surface area contributed by atoms with E-state index in [0.29, 0.717) is 0 Å². The van der Waals surface area contributed by atoms with Crippen LogP contribution in [0, 0.1) is 0 Å². The van der Waals surface area contributed by atoms with Crippen molar-refractivity contribution < 1.29 is 0 Å². The van der Waals surface area contributed by atoms with Crippen LogP contribution in [0.25, 0.3) is 0 Å². The molecule has 0 aliphatic carbocycles. The molecular formula is C6H13S2. The molecule has 0 aliphatic heterocycles. The second kappa shape index (κ2) is 7.70. The summed E-state index contributed by atoms with van der Waals surface area (Å²) in [7, 11) is 0. The first-order valence-corrected chi connectivity index (χ1v) is 4.31. The summed E-state index contributed by atoms with van der Waals surface area (Å²) in [5.74, 6) is 1.95. The third kappa shape index (κ3) is 6.70. The molecule has 0 aromatic rings. The Morgan fingerprint density at radius 2 is 1.62 bits per heavy atom. The summed E-state index contributed by atoms with van der Waals surface area (Å²) >= 11 is 8.88. The first-order chi connectivity index (χ1) is 3.91. The molecular weight excluding hydrogens is 136 g/mol. The molecule has 0 rings (SSSR count). The van der Waals surface area contributed by atoms with Crippen LogP contribution in [0.5, 0.6) is 0 Å². The summed E-state index contributed by atoms with van der Waals surface area (Å²) in [5, 5.41) is 0. The van der Waals surface area contributed by atoms with E-state index < -0.39 is 0 Å². The van der Waals surface area contributed by atoms with Crippen molar-refractivity contribution in [3.05, 3.63) is 0 Å². The van der Waals surface area contributed by atoms with E-state index in [9.17, 15) is 0 Å². The highest BCUT2D eigenvalue weighted by atomic mass is 32.1. The van der Waals surface area contributed by atoms with Crippen LogP contribution in [0.3, 0.4) is 0 Å². The van der Waals surface area contributed by atoms with Crippen molar-refractivity contribution in [2.24, 2.45) is 0 Å². The molecule has 0 atom stereocenters. The maximum atomic E-state index is 4.78. The molecule has 8 heavy (non-hydrogen) atoms. The van der Waals surface area contributed by atoms with E-state index in [4.69, 9.17) is 12.6 Å². The zero-order chi connectivity index (χ0) is 6.24. The molecule has 0 spiro atoms. The van der Waals surface area contributed by atoms with Crippen molar-refractivity contribution >= 4 is 25.3 Å². The van der Waals surface area contributed by atoms with E-state index in [-0.39, 0.29) is 0 Å². The van der Waals surface area contributed by atoms with Gasteiger partial charge in [-0.1, -0.05) is 25.5 Å². The Balaban J connectivity index is 2.53. The van der Waals surface area contributed by atoms with Crippen LogP contribution >= 0.6 is 25.3 Å². The van der Waals surface area contributed by atoms with Gasteiger partial charge in [0, 0.05) is 5.75 Å². The molecule has 0 aromatic carbocycles. The lowest BCUT2D eigenvalue weighted by molar-refractivity contribution is 0.713. The van der Waals surface area contributed by atoms with E-state index in [1.54, 1.807) is 0 Å². The van der Waals surface area contributed by atoms with E-state index in [2.05, 4.69) is 12.6 Å². The van der Waals surface area contributed by atoms with Gasteiger partial charge in [-0.25, -0.2) is 0 Å². The van der Waals surface area contributed by atoms with Gasteiger partial charge in [0.15, 0.2) is 0 Å². The molecule has 0 aliphatic rings. The zero-order valence-electron chi connectivity index (χ0n) is 5.10. The first kappa shape index (κ1) is 8.70. The molecule has 0 saturated heterocycles. The van der Waals surface area contributed by atoms with E-state index in [1.807, 2.05) is 0 Å². The lowest BCUT2D eigenvalue weighted by Crippen LogP contribution is -1.78. The summed E-state index contributed by atoms with van der Waals surface area (Å²) in [5.41, 5.74) is 0. The van der Waals surface area contributed by atoms with Crippen LogP contribution in [0.4, 0.5) is 0 Å². The minimum absolute atomic E-state index is 0.923. The normalized spacial score (nSPS) is 9.75. The molecule has 0 saturated carbocycles. The maximum absolute atomic E-state index is 4.78. The highest BCUT2D eigenvalue weighted by molar-refractivity contribution is 7.80. The first-order valence-electron chi connectivity index (χ1n) is 3.10.